The van der Waals surface area contributed by atoms with Gasteiger partial charge in [0.25, 0.3) is 0 Å². The van der Waals surface area contributed by atoms with Gasteiger partial charge in [0.2, 0.25) is 0 Å². The Bertz CT molecular complexity index is 440. The molecule has 0 spiro atoms. The Morgan fingerprint density at radius 1 is 1.41 bits per heavy atom. The lowest BCUT2D eigenvalue weighted by Gasteiger charge is -2.04. The molecule has 1 aromatic carbocycles. The number of azide groups is 1. The van der Waals surface area contributed by atoms with Crippen LogP contribution >= 0.6 is 0 Å². The summed E-state index contributed by atoms with van der Waals surface area (Å²) in [5, 5.41) is 3.43. The normalized spacial score (nSPS) is 22.9. The maximum atomic E-state index is 11.6. The fourth-order valence-electron chi connectivity index (χ4n) is 2.03. The van der Waals surface area contributed by atoms with E-state index in [9.17, 15) is 4.79 Å². The Labute approximate surface area is 99.0 Å². The van der Waals surface area contributed by atoms with E-state index < -0.39 is 0 Å². The van der Waals surface area contributed by atoms with Crippen LogP contribution in [0.2, 0.25) is 0 Å². The number of esters is 1. The number of rotatable bonds is 4. The van der Waals surface area contributed by atoms with Crippen LogP contribution in [0.25, 0.3) is 10.4 Å². The zero-order valence-corrected chi connectivity index (χ0v) is 9.32. The van der Waals surface area contributed by atoms with Crippen LogP contribution in [-0.4, -0.2) is 18.6 Å². The first kappa shape index (κ1) is 11.5. The highest BCUT2D eigenvalue weighted by atomic mass is 16.6. The summed E-state index contributed by atoms with van der Waals surface area (Å²) in [6, 6.07) is 9.84. The van der Waals surface area contributed by atoms with Gasteiger partial charge in [-0.05, 0) is 23.9 Å². The molecular formula is C12H13N3O2. The molecular weight excluding hydrogens is 218 g/mol. The van der Waals surface area contributed by atoms with Crippen molar-refractivity contribution in [1.29, 1.82) is 0 Å². The van der Waals surface area contributed by atoms with E-state index in [0.29, 0.717) is 12.8 Å². The summed E-state index contributed by atoms with van der Waals surface area (Å²) in [4.78, 5) is 14.3. The number of hydrogen-bond donors (Lipinski definition) is 0. The van der Waals surface area contributed by atoms with E-state index in [1.54, 1.807) is 0 Å². The van der Waals surface area contributed by atoms with E-state index in [4.69, 9.17) is 10.3 Å². The van der Waals surface area contributed by atoms with Gasteiger partial charge >= 0.3 is 5.97 Å². The lowest BCUT2D eigenvalue weighted by molar-refractivity contribution is -0.144. The largest absolute Gasteiger partial charge is 0.462 e. The molecule has 2 atom stereocenters. The minimum atomic E-state index is -0.257. The average Bonchev–Trinajstić information content (AvgIpc) is 2.69. The fourth-order valence-corrected chi connectivity index (χ4v) is 2.03. The molecule has 1 aliphatic rings. The van der Waals surface area contributed by atoms with Gasteiger partial charge in [0.1, 0.15) is 6.10 Å². The van der Waals surface area contributed by atoms with Crippen LogP contribution in [0.5, 0.6) is 0 Å². The van der Waals surface area contributed by atoms with Gasteiger partial charge in [-0.2, -0.15) is 0 Å². The highest BCUT2D eigenvalue weighted by Crippen LogP contribution is 2.25. The lowest BCUT2D eigenvalue weighted by Crippen LogP contribution is -2.10. The SMILES string of the molecule is [N-]=[N+]=NCC1CC(Cc2ccccc2)C(=O)O1. The van der Waals surface area contributed by atoms with Gasteiger partial charge in [-0.1, -0.05) is 35.4 Å². The van der Waals surface area contributed by atoms with Gasteiger partial charge in [-0.25, -0.2) is 0 Å². The Kier molecular flexibility index (Phi) is 3.62. The molecule has 0 aliphatic carbocycles. The second kappa shape index (κ2) is 5.37. The molecule has 1 fully saturated rings. The first-order valence-corrected chi connectivity index (χ1v) is 5.55. The number of hydrogen-bond acceptors (Lipinski definition) is 3. The van der Waals surface area contributed by atoms with Gasteiger partial charge in [0.15, 0.2) is 0 Å². The number of carbonyl (C=O) groups excluding carboxylic acids is 1. The van der Waals surface area contributed by atoms with Crippen molar-refractivity contribution in [1.82, 2.24) is 0 Å². The van der Waals surface area contributed by atoms with Crippen molar-refractivity contribution in [3.8, 4) is 0 Å². The molecule has 5 nitrogen and oxygen atoms in total. The third-order valence-corrected chi connectivity index (χ3v) is 2.84. The maximum Gasteiger partial charge on any atom is 0.309 e. The minimum absolute atomic E-state index is 0.115. The third kappa shape index (κ3) is 2.98. The Morgan fingerprint density at radius 2 is 2.18 bits per heavy atom. The highest BCUT2D eigenvalue weighted by molar-refractivity contribution is 5.75. The monoisotopic (exact) mass is 231 g/mol. The molecule has 88 valence electrons. The Balaban J connectivity index is 1.94. The van der Waals surface area contributed by atoms with Crippen molar-refractivity contribution < 1.29 is 9.53 Å². The molecule has 0 amide bonds. The smallest absolute Gasteiger partial charge is 0.309 e. The molecule has 5 heteroatoms. The van der Waals surface area contributed by atoms with Crippen LogP contribution < -0.4 is 0 Å². The molecule has 1 aliphatic heterocycles. The predicted molar refractivity (Wildman–Crippen MR) is 62.1 cm³/mol. The quantitative estimate of drug-likeness (QED) is 0.345. The summed E-state index contributed by atoms with van der Waals surface area (Å²) >= 11 is 0. The first-order valence-electron chi connectivity index (χ1n) is 5.55. The second-order valence-corrected chi connectivity index (χ2v) is 4.09. The summed E-state index contributed by atoms with van der Waals surface area (Å²) in [7, 11) is 0. The third-order valence-electron chi connectivity index (χ3n) is 2.84. The topological polar surface area (TPSA) is 75.1 Å². The van der Waals surface area contributed by atoms with E-state index in [1.165, 1.54) is 0 Å². The van der Waals surface area contributed by atoms with Crippen LogP contribution in [0.1, 0.15) is 12.0 Å². The molecule has 2 rings (SSSR count). The molecule has 1 aromatic rings. The second-order valence-electron chi connectivity index (χ2n) is 4.09. The van der Waals surface area contributed by atoms with Gasteiger partial charge in [0.05, 0.1) is 12.5 Å². The van der Waals surface area contributed by atoms with Crippen molar-refractivity contribution in [3.05, 3.63) is 46.3 Å². The van der Waals surface area contributed by atoms with Crippen LogP contribution in [0.3, 0.4) is 0 Å². The van der Waals surface area contributed by atoms with Crippen molar-refractivity contribution in [2.45, 2.75) is 18.9 Å². The summed E-state index contributed by atoms with van der Waals surface area (Å²) in [5.74, 6) is -0.303. The van der Waals surface area contributed by atoms with Gasteiger partial charge < -0.3 is 4.74 Å². The van der Waals surface area contributed by atoms with E-state index in [2.05, 4.69) is 10.0 Å². The summed E-state index contributed by atoms with van der Waals surface area (Å²) in [6.45, 7) is 0.230. The van der Waals surface area contributed by atoms with E-state index in [-0.39, 0.29) is 24.5 Å². The Morgan fingerprint density at radius 3 is 2.88 bits per heavy atom. The number of cyclic esters (lactones) is 1. The van der Waals surface area contributed by atoms with E-state index >= 15 is 0 Å². The number of carbonyl (C=O) groups is 1. The lowest BCUT2D eigenvalue weighted by atomic mass is 9.96. The van der Waals surface area contributed by atoms with Gasteiger partial charge in [0, 0.05) is 4.91 Å². The summed E-state index contributed by atoms with van der Waals surface area (Å²) < 4.78 is 5.14. The minimum Gasteiger partial charge on any atom is -0.462 e. The molecule has 17 heavy (non-hydrogen) atoms. The zero-order chi connectivity index (χ0) is 12.1. The predicted octanol–water partition coefficient (Wildman–Crippen LogP) is 2.47. The molecule has 0 bridgehead atoms. The van der Waals surface area contributed by atoms with Gasteiger partial charge in [-0.3, -0.25) is 4.79 Å². The van der Waals surface area contributed by atoms with Crippen molar-refractivity contribution in [2.24, 2.45) is 11.0 Å². The van der Waals surface area contributed by atoms with E-state index in [1.807, 2.05) is 30.3 Å². The first-order chi connectivity index (χ1) is 8.29. The summed E-state index contributed by atoms with van der Waals surface area (Å²) in [6.07, 6.45) is 1.06. The fraction of sp³-hybridized carbons (Fsp3) is 0.417. The highest BCUT2D eigenvalue weighted by Gasteiger charge is 2.33. The molecule has 1 heterocycles. The summed E-state index contributed by atoms with van der Waals surface area (Å²) in [5.41, 5.74) is 9.34. The molecule has 0 saturated carbocycles. The standard InChI is InChI=1S/C12H13N3O2/c13-15-14-8-11-7-10(12(16)17-11)6-9-4-2-1-3-5-9/h1-5,10-11H,6-8H2. The van der Waals surface area contributed by atoms with Gasteiger partial charge in [-0.15, -0.1) is 0 Å². The maximum absolute atomic E-state index is 11.6. The molecule has 2 unspecified atom stereocenters. The van der Waals surface area contributed by atoms with Crippen molar-refractivity contribution >= 4 is 5.97 Å². The number of ether oxygens (including phenoxy) is 1. The van der Waals surface area contributed by atoms with E-state index in [0.717, 1.165) is 5.56 Å². The number of benzene rings is 1. The molecule has 0 radical (unpaired) electrons. The van der Waals surface area contributed by atoms with Crippen LogP contribution in [0.4, 0.5) is 0 Å². The Hall–Kier alpha value is -2.00. The van der Waals surface area contributed by atoms with Crippen LogP contribution in [-0.2, 0) is 16.0 Å². The average molecular weight is 231 g/mol. The molecule has 0 aromatic heterocycles. The number of nitrogens with zero attached hydrogens (tertiary/aromatic N) is 3. The van der Waals surface area contributed by atoms with Crippen LogP contribution in [0, 0.1) is 5.92 Å². The molecule has 0 N–H and O–H groups in total. The zero-order valence-electron chi connectivity index (χ0n) is 9.32. The molecule has 1 saturated heterocycles. The van der Waals surface area contributed by atoms with Crippen molar-refractivity contribution in [3.63, 3.8) is 0 Å². The van der Waals surface area contributed by atoms with Crippen LogP contribution in [0.15, 0.2) is 35.4 Å². The van der Waals surface area contributed by atoms with Crippen molar-refractivity contribution in [2.75, 3.05) is 6.54 Å².